The SMILES string of the molecule is C=CCN(C(=O)[C@@H]1[C@H]2C(=O)N(CCCO)C(C(=O)N(CC=C)C(C)(C)C)C23CC[C@H]1S3)c1ccc(OCC)cc1. The zero-order valence-electron chi connectivity index (χ0n) is 24.2. The molecule has 1 spiro atoms. The lowest BCUT2D eigenvalue weighted by Gasteiger charge is -2.42. The largest absolute Gasteiger partial charge is 0.494 e. The molecule has 0 radical (unpaired) electrons. The molecule has 3 fully saturated rings. The number of thioether (sulfide) groups is 1. The maximum absolute atomic E-state index is 14.3. The Balaban J connectivity index is 1.73. The number of benzene rings is 1. The van der Waals surface area contributed by atoms with Gasteiger partial charge in [0.25, 0.3) is 0 Å². The van der Waals surface area contributed by atoms with E-state index >= 15 is 0 Å². The minimum Gasteiger partial charge on any atom is -0.494 e. The second-order valence-electron chi connectivity index (χ2n) is 11.7. The van der Waals surface area contributed by atoms with E-state index in [-0.39, 0.29) is 36.1 Å². The molecule has 3 aliphatic rings. The van der Waals surface area contributed by atoms with E-state index in [4.69, 9.17) is 4.74 Å². The van der Waals surface area contributed by atoms with Crippen LogP contribution >= 0.6 is 11.8 Å². The number of hydrogen-bond donors (Lipinski definition) is 1. The van der Waals surface area contributed by atoms with Gasteiger partial charge in [-0.25, -0.2) is 0 Å². The van der Waals surface area contributed by atoms with E-state index in [1.54, 1.807) is 38.6 Å². The third-order valence-corrected chi connectivity index (χ3v) is 10.3. The molecule has 0 aliphatic carbocycles. The van der Waals surface area contributed by atoms with Crippen molar-refractivity contribution in [3.05, 3.63) is 49.6 Å². The first-order valence-corrected chi connectivity index (χ1v) is 15.1. The summed E-state index contributed by atoms with van der Waals surface area (Å²) in [6.45, 7) is 17.0. The fourth-order valence-corrected chi connectivity index (χ4v) is 8.89. The van der Waals surface area contributed by atoms with Crippen LogP contribution in [0.2, 0.25) is 0 Å². The normalized spacial score (nSPS) is 26.9. The van der Waals surface area contributed by atoms with Crippen molar-refractivity contribution in [2.24, 2.45) is 11.8 Å². The Morgan fingerprint density at radius 2 is 1.85 bits per heavy atom. The first-order chi connectivity index (χ1) is 19.0. The fourth-order valence-electron chi connectivity index (χ4n) is 6.69. The van der Waals surface area contributed by atoms with E-state index in [1.165, 1.54) is 0 Å². The Labute approximate surface area is 242 Å². The van der Waals surface area contributed by atoms with Gasteiger partial charge in [0.2, 0.25) is 17.7 Å². The van der Waals surface area contributed by atoms with Gasteiger partial charge in [-0.1, -0.05) is 12.2 Å². The van der Waals surface area contributed by atoms with Crippen molar-refractivity contribution in [1.82, 2.24) is 9.80 Å². The van der Waals surface area contributed by atoms with E-state index in [9.17, 15) is 19.5 Å². The number of aliphatic hydroxyl groups excluding tert-OH is 1. The van der Waals surface area contributed by atoms with Crippen LogP contribution in [-0.4, -0.2) is 87.1 Å². The lowest BCUT2D eigenvalue weighted by Crippen LogP contribution is -2.59. The summed E-state index contributed by atoms with van der Waals surface area (Å²) in [5, 5.41) is 9.57. The predicted octanol–water partition coefficient (Wildman–Crippen LogP) is 3.89. The maximum Gasteiger partial charge on any atom is 0.247 e. The number of aliphatic hydroxyl groups is 1. The number of anilines is 1. The van der Waals surface area contributed by atoms with Crippen molar-refractivity contribution >= 4 is 35.2 Å². The third kappa shape index (κ3) is 5.18. The molecule has 1 aromatic carbocycles. The summed E-state index contributed by atoms with van der Waals surface area (Å²) >= 11 is 1.66. The molecule has 5 atom stereocenters. The smallest absolute Gasteiger partial charge is 0.247 e. The van der Waals surface area contributed by atoms with E-state index in [2.05, 4.69) is 13.2 Å². The van der Waals surface area contributed by atoms with Crippen LogP contribution in [0.3, 0.4) is 0 Å². The summed E-state index contributed by atoms with van der Waals surface area (Å²) < 4.78 is 4.89. The van der Waals surface area contributed by atoms with Crippen LogP contribution in [0.25, 0.3) is 0 Å². The highest BCUT2D eigenvalue weighted by Gasteiger charge is 2.74. The molecule has 8 nitrogen and oxygen atoms in total. The Morgan fingerprint density at radius 1 is 1.18 bits per heavy atom. The molecule has 3 saturated heterocycles. The number of carbonyl (C=O) groups excluding carboxylic acids is 3. The number of hydrogen-bond acceptors (Lipinski definition) is 6. The molecule has 9 heteroatoms. The highest BCUT2D eigenvalue weighted by Crippen LogP contribution is 2.67. The first-order valence-electron chi connectivity index (χ1n) is 14.2. The monoisotopic (exact) mass is 569 g/mol. The summed E-state index contributed by atoms with van der Waals surface area (Å²) in [6.07, 6.45) is 5.24. The molecule has 0 saturated carbocycles. The molecule has 3 amide bonds. The van der Waals surface area contributed by atoms with E-state index in [0.717, 1.165) is 17.9 Å². The number of ether oxygens (including phenoxy) is 1. The zero-order chi connectivity index (χ0) is 29.2. The summed E-state index contributed by atoms with van der Waals surface area (Å²) in [5.41, 5.74) is 0.242. The van der Waals surface area contributed by atoms with Crippen molar-refractivity contribution in [2.75, 3.05) is 37.7 Å². The zero-order valence-corrected chi connectivity index (χ0v) is 25.0. The van der Waals surface area contributed by atoms with Crippen LogP contribution in [-0.2, 0) is 14.4 Å². The van der Waals surface area contributed by atoms with Gasteiger partial charge < -0.3 is 24.5 Å². The molecule has 3 heterocycles. The van der Waals surface area contributed by atoms with Crippen LogP contribution in [0, 0.1) is 11.8 Å². The molecule has 2 unspecified atom stereocenters. The average Bonchev–Trinajstić information content (AvgIpc) is 3.56. The van der Waals surface area contributed by atoms with Crippen molar-refractivity contribution < 1.29 is 24.2 Å². The maximum atomic E-state index is 14.3. The molecule has 1 N–H and O–H groups in total. The van der Waals surface area contributed by atoms with Crippen LogP contribution in [0.1, 0.15) is 47.0 Å². The molecular formula is C31H43N3O5S. The molecule has 4 rings (SSSR count). The molecule has 1 aromatic rings. The van der Waals surface area contributed by atoms with Gasteiger partial charge in [0.05, 0.1) is 23.2 Å². The van der Waals surface area contributed by atoms with Gasteiger partial charge in [-0.2, -0.15) is 0 Å². The molecule has 218 valence electrons. The van der Waals surface area contributed by atoms with Gasteiger partial charge in [0.15, 0.2) is 0 Å². The quantitative estimate of drug-likeness (QED) is 0.384. The lowest BCUT2D eigenvalue weighted by atomic mass is 9.70. The Kier molecular flexibility index (Phi) is 9.05. The summed E-state index contributed by atoms with van der Waals surface area (Å²) in [6, 6.07) is 6.70. The van der Waals surface area contributed by atoms with Crippen LogP contribution < -0.4 is 9.64 Å². The molecule has 2 bridgehead atoms. The number of carbonyl (C=O) groups is 3. The van der Waals surface area contributed by atoms with Crippen LogP contribution in [0.5, 0.6) is 5.75 Å². The number of rotatable bonds is 12. The standard InChI is InChI=1S/C31H43N3O5S/c1-7-17-32(21-11-13-22(14-12-21)39-9-3)27(36)24-23-15-16-31(40-23)25(24)28(37)33(19-10-20-35)26(31)29(38)34(18-8-2)30(4,5)6/h7-8,11-14,23-26,35H,1-2,9-10,15-20H2,3-6H3/t23-,24+,25+,26?,31?/m1/s1. The Hall–Kier alpha value is -2.78. The summed E-state index contributed by atoms with van der Waals surface area (Å²) in [4.78, 5) is 48.0. The van der Waals surface area contributed by atoms with Gasteiger partial charge in [0, 0.05) is 42.7 Å². The number of likely N-dealkylation sites (tertiary alicyclic amines) is 1. The minimum absolute atomic E-state index is 0.0470. The van der Waals surface area contributed by atoms with Gasteiger partial charge in [-0.15, -0.1) is 24.9 Å². The minimum atomic E-state index is -0.693. The van der Waals surface area contributed by atoms with Gasteiger partial charge in [-0.05, 0) is 71.2 Å². The highest BCUT2D eigenvalue weighted by molar-refractivity contribution is 8.02. The fraction of sp³-hybridized carbons (Fsp3) is 0.581. The Morgan fingerprint density at radius 3 is 2.42 bits per heavy atom. The van der Waals surface area contributed by atoms with E-state index < -0.39 is 28.2 Å². The third-order valence-electron chi connectivity index (χ3n) is 8.30. The average molecular weight is 570 g/mol. The van der Waals surface area contributed by atoms with Crippen LogP contribution in [0.4, 0.5) is 5.69 Å². The second-order valence-corrected chi connectivity index (χ2v) is 13.3. The molecule has 0 aromatic heterocycles. The number of amides is 3. The van der Waals surface area contributed by atoms with E-state index in [1.807, 2.05) is 52.0 Å². The van der Waals surface area contributed by atoms with Crippen molar-refractivity contribution in [3.63, 3.8) is 0 Å². The Bertz CT molecular complexity index is 1130. The van der Waals surface area contributed by atoms with Crippen LogP contribution in [0.15, 0.2) is 49.6 Å². The van der Waals surface area contributed by atoms with E-state index in [0.29, 0.717) is 32.5 Å². The lowest BCUT2D eigenvalue weighted by molar-refractivity contribution is -0.145. The van der Waals surface area contributed by atoms with Gasteiger partial charge in [-0.3, -0.25) is 14.4 Å². The summed E-state index contributed by atoms with van der Waals surface area (Å²) in [5.74, 6) is -0.807. The topological polar surface area (TPSA) is 90.4 Å². The van der Waals surface area contributed by atoms with Crippen molar-refractivity contribution in [2.45, 2.75) is 68.5 Å². The molecule has 3 aliphatic heterocycles. The highest BCUT2D eigenvalue weighted by atomic mass is 32.2. The second kappa shape index (κ2) is 12.0. The summed E-state index contributed by atoms with van der Waals surface area (Å²) in [7, 11) is 0. The van der Waals surface area contributed by atoms with Crippen molar-refractivity contribution in [3.8, 4) is 5.75 Å². The molecule has 40 heavy (non-hydrogen) atoms. The predicted molar refractivity (Wildman–Crippen MR) is 159 cm³/mol. The number of nitrogens with zero attached hydrogens (tertiary/aromatic N) is 3. The molecular weight excluding hydrogens is 526 g/mol. The van der Waals surface area contributed by atoms with Gasteiger partial charge in [0.1, 0.15) is 11.8 Å². The van der Waals surface area contributed by atoms with Gasteiger partial charge >= 0.3 is 0 Å². The van der Waals surface area contributed by atoms with Crippen molar-refractivity contribution in [1.29, 1.82) is 0 Å². The first kappa shape index (κ1) is 30.2. The number of fused-ring (bicyclic) bond motifs is 1.